The minimum Gasteiger partial charge on any atom is -0.462 e. The van der Waals surface area contributed by atoms with E-state index in [2.05, 4.69) is 10.3 Å². The molecule has 0 bridgehead atoms. The maximum absolute atomic E-state index is 13.1. The summed E-state index contributed by atoms with van der Waals surface area (Å²) in [6.07, 6.45) is 1.44. The lowest BCUT2D eigenvalue weighted by atomic mass is 10.1. The summed E-state index contributed by atoms with van der Waals surface area (Å²) in [5.41, 5.74) is 1.15. The van der Waals surface area contributed by atoms with Crippen LogP contribution in [-0.4, -0.2) is 17.6 Å². The molecule has 1 aromatic heterocycles. The van der Waals surface area contributed by atoms with Gasteiger partial charge in [-0.1, -0.05) is 17.7 Å². The average molecular weight is 323 g/mol. The molecule has 0 fully saturated rings. The van der Waals surface area contributed by atoms with Crippen molar-refractivity contribution < 1.29 is 13.9 Å². The lowest BCUT2D eigenvalue weighted by Crippen LogP contribution is -2.10. The molecule has 22 heavy (non-hydrogen) atoms. The monoisotopic (exact) mass is 322 g/mol. The fourth-order valence-electron chi connectivity index (χ4n) is 1.97. The zero-order chi connectivity index (χ0) is 16.1. The Labute approximate surface area is 133 Å². The Hall–Kier alpha value is -2.14. The SMILES string of the molecule is CCOC(=O)c1ccc(NC(C)c2ccc(F)cc2Cl)nc1. The van der Waals surface area contributed by atoms with Gasteiger partial charge in [-0.05, 0) is 43.7 Å². The van der Waals surface area contributed by atoms with Crippen LogP contribution in [0.25, 0.3) is 0 Å². The van der Waals surface area contributed by atoms with Crippen molar-refractivity contribution >= 4 is 23.4 Å². The summed E-state index contributed by atoms with van der Waals surface area (Å²) in [7, 11) is 0. The van der Waals surface area contributed by atoms with E-state index in [9.17, 15) is 9.18 Å². The third-order valence-corrected chi connectivity index (χ3v) is 3.40. The maximum atomic E-state index is 13.1. The van der Waals surface area contributed by atoms with Gasteiger partial charge in [-0.25, -0.2) is 14.2 Å². The number of aromatic nitrogens is 1. The second-order valence-electron chi connectivity index (χ2n) is 4.68. The van der Waals surface area contributed by atoms with Crippen LogP contribution in [0.3, 0.4) is 0 Å². The Kier molecular flexibility index (Phi) is 5.33. The van der Waals surface area contributed by atoms with Crippen LogP contribution in [0.4, 0.5) is 10.2 Å². The molecule has 0 saturated carbocycles. The molecule has 2 aromatic rings. The molecule has 0 aliphatic carbocycles. The van der Waals surface area contributed by atoms with Gasteiger partial charge in [0.25, 0.3) is 0 Å². The molecule has 0 aliphatic rings. The van der Waals surface area contributed by atoms with Crippen molar-refractivity contribution in [1.29, 1.82) is 0 Å². The van der Waals surface area contributed by atoms with E-state index in [0.29, 0.717) is 23.0 Å². The smallest absolute Gasteiger partial charge is 0.339 e. The number of esters is 1. The first-order chi connectivity index (χ1) is 10.5. The highest BCUT2D eigenvalue weighted by Gasteiger charge is 2.12. The number of ether oxygens (including phenoxy) is 1. The predicted molar refractivity (Wildman–Crippen MR) is 83.6 cm³/mol. The molecular formula is C16H16ClFN2O2. The van der Waals surface area contributed by atoms with Crippen LogP contribution in [0, 0.1) is 5.82 Å². The molecule has 0 radical (unpaired) electrons. The topological polar surface area (TPSA) is 51.2 Å². The molecule has 1 unspecified atom stereocenters. The number of rotatable bonds is 5. The summed E-state index contributed by atoms with van der Waals surface area (Å²) in [5.74, 6) is -0.199. The molecule has 116 valence electrons. The van der Waals surface area contributed by atoms with Crippen LogP contribution in [-0.2, 0) is 4.74 Å². The average Bonchev–Trinajstić information content (AvgIpc) is 2.48. The van der Waals surface area contributed by atoms with Crippen LogP contribution in [0.5, 0.6) is 0 Å². The molecule has 1 aromatic carbocycles. The second kappa shape index (κ2) is 7.22. The van der Waals surface area contributed by atoms with Crippen LogP contribution >= 0.6 is 11.6 Å². The molecule has 0 amide bonds. The number of anilines is 1. The second-order valence-corrected chi connectivity index (χ2v) is 5.09. The summed E-state index contributed by atoms with van der Waals surface area (Å²) < 4.78 is 18.0. The number of hydrogen-bond donors (Lipinski definition) is 1. The number of nitrogens with zero attached hydrogens (tertiary/aromatic N) is 1. The zero-order valence-corrected chi connectivity index (χ0v) is 13.0. The summed E-state index contributed by atoms with van der Waals surface area (Å²) in [5, 5.41) is 3.50. The van der Waals surface area contributed by atoms with E-state index in [-0.39, 0.29) is 11.9 Å². The van der Waals surface area contributed by atoms with Gasteiger partial charge in [-0.3, -0.25) is 0 Å². The van der Waals surface area contributed by atoms with Crippen molar-refractivity contribution in [3.8, 4) is 0 Å². The van der Waals surface area contributed by atoms with Gasteiger partial charge in [0.2, 0.25) is 0 Å². The number of carbonyl (C=O) groups excluding carboxylic acids is 1. The number of pyridine rings is 1. The third-order valence-electron chi connectivity index (χ3n) is 3.07. The van der Waals surface area contributed by atoms with Crippen molar-refractivity contribution in [2.24, 2.45) is 0 Å². The summed E-state index contributed by atoms with van der Waals surface area (Å²) in [6.45, 7) is 3.95. The largest absolute Gasteiger partial charge is 0.462 e. The van der Waals surface area contributed by atoms with E-state index in [1.165, 1.54) is 18.3 Å². The number of nitrogens with one attached hydrogen (secondary N) is 1. The highest BCUT2D eigenvalue weighted by molar-refractivity contribution is 6.31. The number of carbonyl (C=O) groups is 1. The summed E-state index contributed by atoms with van der Waals surface area (Å²) in [4.78, 5) is 15.7. The van der Waals surface area contributed by atoms with Crippen molar-refractivity contribution in [3.63, 3.8) is 0 Å². The van der Waals surface area contributed by atoms with Crippen LogP contribution in [0.1, 0.15) is 35.8 Å². The Balaban J connectivity index is 2.08. The van der Waals surface area contributed by atoms with E-state index in [4.69, 9.17) is 16.3 Å². The maximum Gasteiger partial charge on any atom is 0.339 e. The lowest BCUT2D eigenvalue weighted by Gasteiger charge is -2.16. The van der Waals surface area contributed by atoms with Crippen LogP contribution in [0.15, 0.2) is 36.5 Å². The normalized spacial score (nSPS) is 11.8. The highest BCUT2D eigenvalue weighted by atomic mass is 35.5. The Bertz CT molecular complexity index is 662. The van der Waals surface area contributed by atoms with Gasteiger partial charge in [0.15, 0.2) is 0 Å². The molecular weight excluding hydrogens is 307 g/mol. The molecule has 1 atom stereocenters. The van der Waals surface area contributed by atoms with Crippen LogP contribution in [0.2, 0.25) is 5.02 Å². The minimum atomic E-state index is -0.406. The third kappa shape index (κ3) is 3.95. The zero-order valence-electron chi connectivity index (χ0n) is 12.3. The lowest BCUT2D eigenvalue weighted by molar-refractivity contribution is 0.0526. The van der Waals surface area contributed by atoms with E-state index in [1.807, 2.05) is 6.92 Å². The molecule has 0 spiro atoms. The van der Waals surface area contributed by atoms with Crippen LogP contribution < -0.4 is 5.32 Å². The summed E-state index contributed by atoms with van der Waals surface area (Å²) >= 11 is 6.03. The van der Waals surface area contributed by atoms with Gasteiger partial charge in [-0.15, -0.1) is 0 Å². The summed E-state index contributed by atoms with van der Waals surface area (Å²) in [6, 6.07) is 7.41. The molecule has 1 N–H and O–H groups in total. The fourth-order valence-corrected chi connectivity index (χ4v) is 2.30. The first-order valence-electron chi connectivity index (χ1n) is 6.86. The van der Waals surface area contributed by atoms with Gasteiger partial charge in [0, 0.05) is 11.2 Å². The minimum absolute atomic E-state index is 0.158. The van der Waals surface area contributed by atoms with Gasteiger partial charge >= 0.3 is 5.97 Å². The van der Waals surface area contributed by atoms with Crippen molar-refractivity contribution in [2.45, 2.75) is 19.9 Å². The Morgan fingerprint density at radius 2 is 2.18 bits per heavy atom. The van der Waals surface area contributed by atoms with Gasteiger partial charge in [0.1, 0.15) is 11.6 Å². The van der Waals surface area contributed by atoms with E-state index in [0.717, 1.165) is 5.56 Å². The van der Waals surface area contributed by atoms with Crippen molar-refractivity contribution in [1.82, 2.24) is 4.98 Å². The van der Waals surface area contributed by atoms with Gasteiger partial charge < -0.3 is 10.1 Å². The van der Waals surface area contributed by atoms with E-state index in [1.54, 1.807) is 25.1 Å². The fraction of sp³-hybridized carbons (Fsp3) is 0.250. The number of benzene rings is 1. The van der Waals surface area contributed by atoms with E-state index < -0.39 is 5.97 Å². The van der Waals surface area contributed by atoms with Crippen molar-refractivity contribution in [2.75, 3.05) is 11.9 Å². The van der Waals surface area contributed by atoms with Crippen molar-refractivity contribution in [3.05, 3.63) is 58.5 Å². The number of hydrogen-bond acceptors (Lipinski definition) is 4. The molecule has 4 nitrogen and oxygen atoms in total. The standard InChI is InChI=1S/C16H16ClFN2O2/c1-3-22-16(21)11-4-7-15(19-9-11)20-10(2)13-6-5-12(18)8-14(13)17/h4-10H,3H2,1-2H3,(H,19,20). The van der Waals surface area contributed by atoms with E-state index >= 15 is 0 Å². The molecule has 2 rings (SSSR count). The van der Waals surface area contributed by atoms with Gasteiger partial charge in [-0.2, -0.15) is 0 Å². The number of halogens is 2. The molecule has 0 aliphatic heterocycles. The quantitative estimate of drug-likeness (QED) is 0.837. The molecule has 6 heteroatoms. The molecule has 0 saturated heterocycles. The first kappa shape index (κ1) is 16.2. The highest BCUT2D eigenvalue weighted by Crippen LogP contribution is 2.26. The Morgan fingerprint density at radius 3 is 2.77 bits per heavy atom. The van der Waals surface area contributed by atoms with Gasteiger partial charge in [0.05, 0.1) is 18.2 Å². The molecule has 1 heterocycles. The Morgan fingerprint density at radius 1 is 1.41 bits per heavy atom. The first-order valence-corrected chi connectivity index (χ1v) is 7.23. The predicted octanol–water partition coefficient (Wildman–Crippen LogP) is 4.22.